The Bertz CT molecular complexity index is 672. The van der Waals surface area contributed by atoms with Gasteiger partial charge in [-0.3, -0.25) is 5.43 Å². The zero-order valence-corrected chi connectivity index (χ0v) is 11.7. The van der Waals surface area contributed by atoms with E-state index in [1.807, 2.05) is 6.07 Å². The lowest BCUT2D eigenvalue weighted by Gasteiger charge is -2.07. The largest absolute Gasteiger partial charge is 0.545 e. The maximum Gasteiger partial charge on any atom is 0.0754 e. The van der Waals surface area contributed by atoms with E-state index in [-0.39, 0.29) is 5.56 Å². The minimum atomic E-state index is -1.27. The fourth-order valence-corrected chi connectivity index (χ4v) is 1.86. The second-order valence-electron chi connectivity index (χ2n) is 3.91. The van der Waals surface area contributed by atoms with Crippen LogP contribution in [0.5, 0.6) is 0 Å². The van der Waals surface area contributed by atoms with Gasteiger partial charge in [-0.25, -0.2) is 0 Å². The van der Waals surface area contributed by atoms with Gasteiger partial charge in [0.25, 0.3) is 0 Å². The van der Waals surface area contributed by atoms with Crippen molar-refractivity contribution in [1.29, 1.82) is 0 Å². The number of carbonyl (C=O) groups excluding carboxylic acids is 1. The van der Waals surface area contributed by atoms with Crippen molar-refractivity contribution in [1.82, 2.24) is 0 Å². The maximum absolute atomic E-state index is 10.8. The van der Waals surface area contributed by atoms with E-state index in [1.165, 1.54) is 18.2 Å². The van der Waals surface area contributed by atoms with Crippen molar-refractivity contribution in [2.75, 3.05) is 5.43 Å². The third kappa shape index (κ3) is 3.73. The number of carboxylic acid groups (broad SMARTS) is 1. The van der Waals surface area contributed by atoms with Crippen molar-refractivity contribution in [3.05, 3.63) is 63.6 Å². The predicted molar refractivity (Wildman–Crippen MR) is 78.5 cm³/mol. The molecule has 0 aliphatic heterocycles. The molecule has 0 saturated carbocycles. The molecule has 102 valence electrons. The molecule has 0 fully saturated rings. The van der Waals surface area contributed by atoms with Gasteiger partial charge < -0.3 is 9.90 Å². The Balaban J connectivity index is 2.14. The molecular weight excluding hydrogens is 299 g/mol. The number of benzene rings is 2. The van der Waals surface area contributed by atoms with Gasteiger partial charge in [-0.05, 0) is 35.4 Å². The summed E-state index contributed by atoms with van der Waals surface area (Å²) in [6.07, 6.45) is 1.55. The van der Waals surface area contributed by atoms with E-state index >= 15 is 0 Å². The van der Waals surface area contributed by atoms with E-state index in [0.717, 1.165) is 5.56 Å². The highest BCUT2D eigenvalue weighted by molar-refractivity contribution is 6.33. The number of hydrogen-bond donors (Lipinski definition) is 1. The summed E-state index contributed by atoms with van der Waals surface area (Å²) in [6.45, 7) is 0. The Morgan fingerprint density at radius 2 is 2.00 bits per heavy atom. The third-order valence-corrected chi connectivity index (χ3v) is 3.01. The number of carboxylic acids is 1. The first-order chi connectivity index (χ1) is 9.56. The fourth-order valence-electron chi connectivity index (χ4n) is 1.50. The second-order valence-corrected chi connectivity index (χ2v) is 4.75. The first kappa shape index (κ1) is 14.4. The quantitative estimate of drug-likeness (QED) is 0.698. The van der Waals surface area contributed by atoms with Crippen LogP contribution in [0.3, 0.4) is 0 Å². The van der Waals surface area contributed by atoms with Crippen LogP contribution in [0, 0.1) is 0 Å². The number of rotatable bonds is 4. The molecule has 0 unspecified atom stereocenters. The molecular formula is C14H9Cl2N2O2-. The molecule has 0 heterocycles. The van der Waals surface area contributed by atoms with E-state index in [9.17, 15) is 9.90 Å². The maximum atomic E-state index is 10.8. The van der Waals surface area contributed by atoms with Gasteiger partial charge in [-0.2, -0.15) is 5.10 Å². The summed E-state index contributed by atoms with van der Waals surface area (Å²) in [5.74, 6) is -1.27. The number of aromatic carboxylic acids is 1. The highest BCUT2D eigenvalue weighted by atomic mass is 35.5. The molecule has 0 saturated heterocycles. The summed E-state index contributed by atoms with van der Waals surface area (Å²) in [6, 6.07) is 11.3. The molecule has 0 radical (unpaired) electrons. The lowest BCUT2D eigenvalue weighted by Crippen LogP contribution is -2.22. The van der Waals surface area contributed by atoms with Gasteiger partial charge in [0.05, 0.1) is 22.9 Å². The molecule has 2 rings (SSSR count). The van der Waals surface area contributed by atoms with Gasteiger partial charge in [0.1, 0.15) is 0 Å². The molecule has 4 nitrogen and oxygen atoms in total. The molecule has 0 atom stereocenters. The summed E-state index contributed by atoms with van der Waals surface area (Å²) < 4.78 is 0. The van der Waals surface area contributed by atoms with Crippen LogP contribution in [0.15, 0.2) is 47.6 Å². The normalized spacial score (nSPS) is 10.7. The average molecular weight is 308 g/mol. The first-order valence-corrected chi connectivity index (χ1v) is 6.37. The minimum absolute atomic E-state index is 0.0230. The Morgan fingerprint density at radius 1 is 1.20 bits per heavy atom. The Hall–Kier alpha value is -2.04. The van der Waals surface area contributed by atoms with E-state index in [0.29, 0.717) is 15.7 Å². The van der Waals surface area contributed by atoms with E-state index < -0.39 is 5.97 Å². The SMILES string of the molecule is O=C([O-])c1ccc(Cl)c(N/N=C\c2cccc(Cl)c2)c1. The van der Waals surface area contributed by atoms with Crippen LogP contribution < -0.4 is 10.5 Å². The van der Waals surface area contributed by atoms with Gasteiger partial charge >= 0.3 is 0 Å². The fraction of sp³-hybridized carbons (Fsp3) is 0. The number of hydrogen-bond acceptors (Lipinski definition) is 4. The zero-order chi connectivity index (χ0) is 14.5. The summed E-state index contributed by atoms with van der Waals surface area (Å²) >= 11 is 11.8. The molecule has 0 spiro atoms. The van der Waals surface area contributed by atoms with Crippen molar-refractivity contribution < 1.29 is 9.90 Å². The van der Waals surface area contributed by atoms with Crippen LogP contribution in [0.25, 0.3) is 0 Å². The smallest absolute Gasteiger partial charge is 0.0754 e. The van der Waals surface area contributed by atoms with Crippen molar-refractivity contribution in [3.8, 4) is 0 Å². The average Bonchev–Trinajstić information content (AvgIpc) is 2.40. The van der Waals surface area contributed by atoms with Gasteiger partial charge in [0, 0.05) is 5.02 Å². The molecule has 0 amide bonds. The Kier molecular flexibility index (Phi) is 4.61. The van der Waals surface area contributed by atoms with Crippen LogP contribution in [0.2, 0.25) is 10.0 Å². The number of hydrazone groups is 1. The van der Waals surface area contributed by atoms with Gasteiger partial charge in [-0.15, -0.1) is 0 Å². The second kappa shape index (κ2) is 6.41. The molecule has 0 aliphatic carbocycles. The van der Waals surface area contributed by atoms with Crippen LogP contribution in [0.1, 0.15) is 15.9 Å². The van der Waals surface area contributed by atoms with Crippen molar-refractivity contribution in [2.24, 2.45) is 5.10 Å². The lowest BCUT2D eigenvalue weighted by molar-refractivity contribution is -0.255. The van der Waals surface area contributed by atoms with Gasteiger partial charge in [-0.1, -0.05) is 41.4 Å². The summed E-state index contributed by atoms with van der Waals surface area (Å²) in [4.78, 5) is 10.8. The van der Waals surface area contributed by atoms with Gasteiger partial charge in [0.15, 0.2) is 0 Å². The molecule has 2 aromatic carbocycles. The third-order valence-electron chi connectivity index (χ3n) is 2.45. The standard InChI is InChI=1S/C14H10Cl2N2O2/c15-11-3-1-2-9(6-11)8-17-18-13-7-10(14(19)20)4-5-12(13)16/h1-8,18H,(H,19,20)/p-1/b17-8-. The van der Waals surface area contributed by atoms with Crippen LogP contribution >= 0.6 is 23.2 Å². The molecule has 1 N–H and O–H groups in total. The lowest BCUT2D eigenvalue weighted by atomic mass is 10.2. The first-order valence-electron chi connectivity index (χ1n) is 5.62. The minimum Gasteiger partial charge on any atom is -0.545 e. The summed E-state index contributed by atoms with van der Waals surface area (Å²) in [5, 5.41) is 15.7. The van der Waals surface area contributed by atoms with Crippen LogP contribution in [0.4, 0.5) is 5.69 Å². The molecule has 20 heavy (non-hydrogen) atoms. The topological polar surface area (TPSA) is 64.5 Å². The number of nitrogens with zero attached hydrogens (tertiary/aromatic N) is 1. The van der Waals surface area contributed by atoms with E-state index in [1.54, 1.807) is 24.4 Å². The highest BCUT2D eigenvalue weighted by Crippen LogP contribution is 2.22. The van der Waals surface area contributed by atoms with Crippen molar-refractivity contribution in [3.63, 3.8) is 0 Å². The predicted octanol–water partition coefficient (Wildman–Crippen LogP) is 2.80. The van der Waals surface area contributed by atoms with Crippen LogP contribution in [-0.2, 0) is 0 Å². The summed E-state index contributed by atoms with van der Waals surface area (Å²) in [5.41, 5.74) is 3.89. The molecule has 0 aromatic heterocycles. The number of anilines is 1. The van der Waals surface area contributed by atoms with Crippen molar-refractivity contribution in [2.45, 2.75) is 0 Å². The molecule has 6 heteroatoms. The number of nitrogens with one attached hydrogen (secondary N) is 1. The van der Waals surface area contributed by atoms with E-state index in [2.05, 4.69) is 10.5 Å². The summed E-state index contributed by atoms with van der Waals surface area (Å²) in [7, 11) is 0. The molecule has 2 aromatic rings. The Labute approximate surface area is 125 Å². The Morgan fingerprint density at radius 3 is 2.70 bits per heavy atom. The van der Waals surface area contributed by atoms with E-state index in [4.69, 9.17) is 23.2 Å². The molecule has 0 aliphatic rings. The highest BCUT2D eigenvalue weighted by Gasteiger charge is 2.01. The number of carbonyl (C=O) groups is 1. The van der Waals surface area contributed by atoms with Crippen molar-refractivity contribution >= 4 is 41.1 Å². The zero-order valence-electron chi connectivity index (χ0n) is 10.1. The molecule has 0 bridgehead atoms. The van der Waals surface area contributed by atoms with Crippen LogP contribution in [-0.4, -0.2) is 12.2 Å². The van der Waals surface area contributed by atoms with Gasteiger partial charge in [0.2, 0.25) is 0 Å². The number of halogens is 2. The monoisotopic (exact) mass is 307 g/mol.